The van der Waals surface area contributed by atoms with Gasteiger partial charge in [0.15, 0.2) is 0 Å². The van der Waals surface area contributed by atoms with Crippen LogP contribution < -0.4 is 5.32 Å². The van der Waals surface area contributed by atoms with Gasteiger partial charge in [-0.15, -0.1) is 0 Å². The summed E-state index contributed by atoms with van der Waals surface area (Å²) in [5.74, 6) is 0.600. The van der Waals surface area contributed by atoms with E-state index in [9.17, 15) is 4.79 Å². The molecule has 1 heterocycles. The van der Waals surface area contributed by atoms with E-state index in [-0.39, 0.29) is 5.91 Å². The molecule has 2 aliphatic rings. The first-order chi connectivity index (χ1) is 10.2. The average molecular weight is 286 g/mol. The lowest BCUT2D eigenvalue weighted by Gasteiger charge is -2.40. The van der Waals surface area contributed by atoms with Crippen molar-refractivity contribution in [3.05, 3.63) is 29.3 Å². The third-order valence-electron chi connectivity index (χ3n) is 4.86. The van der Waals surface area contributed by atoms with Gasteiger partial charge in [0.2, 0.25) is 5.91 Å². The normalized spacial score (nSPS) is 23.9. The van der Waals surface area contributed by atoms with Crippen molar-refractivity contribution >= 4 is 11.6 Å². The lowest BCUT2D eigenvalue weighted by molar-refractivity contribution is -0.117. The van der Waals surface area contributed by atoms with E-state index in [1.165, 1.54) is 37.1 Å². The van der Waals surface area contributed by atoms with E-state index in [0.29, 0.717) is 18.4 Å². The van der Waals surface area contributed by atoms with Crippen molar-refractivity contribution in [2.24, 2.45) is 0 Å². The minimum Gasteiger partial charge on any atom is -0.326 e. The molecule has 2 atom stereocenters. The highest BCUT2D eigenvalue weighted by molar-refractivity contribution is 5.95. The topological polar surface area (TPSA) is 32.3 Å². The van der Waals surface area contributed by atoms with Crippen LogP contribution in [-0.4, -0.2) is 29.9 Å². The Balaban J connectivity index is 1.88. The number of benzene rings is 1. The van der Waals surface area contributed by atoms with Crippen LogP contribution in [0.4, 0.5) is 5.69 Å². The Morgan fingerprint density at radius 2 is 1.95 bits per heavy atom. The predicted octanol–water partition coefficient (Wildman–Crippen LogP) is 3.55. The Kier molecular flexibility index (Phi) is 4.29. The fourth-order valence-electron chi connectivity index (χ4n) is 4.11. The van der Waals surface area contributed by atoms with Gasteiger partial charge < -0.3 is 10.2 Å². The van der Waals surface area contributed by atoms with Gasteiger partial charge in [-0.25, -0.2) is 0 Å². The zero-order valence-corrected chi connectivity index (χ0v) is 13.2. The molecule has 1 aliphatic heterocycles. The molecule has 0 spiro atoms. The highest BCUT2D eigenvalue weighted by Crippen LogP contribution is 2.42. The van der Waals surface area contributed by atoms with Crippen molar-refractivity contribution in [3.8, 4) is 0 Å². The highest BCUT2D eigenvalue weighted by atomic mass is 16.1. The van der Waals surface area contributed by atoms with Crippen molar-refractivity contribution < 1.29 is 4.79 Å². The van der Waals surface area contributed by atoms with Crippen molar-refractivity contribution in [1.29, 1.82) is 0 Å². The molecule has 1 N–H and O–H groups in total. The Morgan fingerprint density at radius 3 is 2.67 bits per heavy atom. The zero-order valence-electron chi connectivity index (χ0n) is 13.2. The van der Waals surface area contributed by atoms with Gasteiger partial charge in [-0.05, 0) is 61.9 Å². The second-order valence-corrected chi connectivity index (χ2v) is 6.46. The van der Waals surface area contributed by atoms with Crippen LogP contribution in [0.2, 0.25) is 0 Å². The van der Waals surface area contributed by atoms with Crippen LogP contribution in [0, 0.1) is 0 Å². The van der Waals surface area contributed by atoms with E-state index in [2.05, 4.69) is 42.3 Å². The molecule has 1 aliphatic carbocycles. The summed E-state index contributed by atoms with van der Waals surface area (Å²) in [6.45, 7) is 6.86. The molecule has 3 nitrogen and oxygen atoms in total. The molecule has 114 valence electrons. The van der Waals surface area contributed by atoms with Gasteiger partial charge in [0.25, 0.3) is 0 Å². The van der Waals surface area contributed by atoms with Crippen LogP contribution in [0.5, 0.6) is 0 Å². The van der Waals surface area contributed by atoms with Crippen LogP contribution in [-0.2, 0) is 11.2 Å². The van der Waals surface area contributed by atoms with Gasteiger partial charge >= 0.3 is 0 Å². The average Bonchev–Trinajstić information content (AvgIpc) is 2.46. The number of amides is 1. The number of carbonyl (C=O) groups excluding carboxylic acids is 1. The molecule has 0 saturated carbocycles. The minimum absolute atomic E-state index is 0.183. The third kappa shape index (κ3) is 2.84. The van der Waals surface area contributed by atoms with E-state index in [0.717, 1.165) is 18.5 Å². The number of rotatable bonds is 5. The van der Waals surface area contributed by atoms with E-state index in [4.69, 9.17) is 0 Å². The number of nitrogens with one attached hydrogen (secondary N) is 1. The molecule has 3 rings (SSSR count). The molecular weight excluding hydrogens is 260 g/mol. The van der Waals surface area contributed by atoms with Crippen molar-refractivity contribution in [2.75, 3.05) is 18.4 Å². The molecule has 1 amide bonds. The maximum absolute atomic E-state index is 11.9. The number of hydrogen-bond donors (Lipinski definition) is 1. The summed E-state index contributed by atoms with van der Waals surface area (Å²) in [7, 11) is 0. The van der Waals surface area contributed by atoms with Crippen LogP contribution in [0.25, 0.3) is 0 Å². The fraction of sp³-hybridized carbons (Fsp3) is 0.611. The first kappa shape index (κ1) is 14.6. The molecule has 0 saturated heterocycles. The number of hydrogen-bond acceptors (Lipinski definition) is 2. The van der Waals surface area contributed by atoms with Crippen molar-refractivity contribution in [2.45, 2.75) is 57.9 Å². The van der Waals surface area contributed by atoms with Gasteiger partial charge in [0.05, 0.1) is 0 Å². The molecule has 0 aromatic heterocycles. The molecule has 1 aromatic carbocycles. The van der Waals surface area contributed by atoms with Gasteiger partial charge in [0.1, 0.15) is 0 Å². The predicted molar refractivity (Wildman–Crippen MR) is 86.7 cm³/mol. The Morgan fingerprint density at radius 1 is 1.19 bits per heavy atom. The molecule has 0 unspecified atom stereocenters. The van der Waals surface area contributed by atoms with E-state index < -0.39 is 0 Å². The van der Waals surface area contributed by atoms with Gasteiger partial charge in [-0.3, -0.25) is 4.79 Å². The van der Waals surface area contributed by atoms with Crippen LogP contribution in [0.3, 0.4) is 0 Å². The number of anilines is 1. The summed E-state index contributed by atoms with van der Waals surface area (Å²) in [4.78, 5) is 14.6. The summed E-state index contributed by atoms with van der Waals surface area (Å²) in [5, 5.41) is 3.04. The Labute approximate surface area is 127 Å². The quantitative estimate of drug-likeness (QED) is 0.898. The molecule has 3 heteroatoms. The monoisotopic (exact) mass is 286 g/mol. The zero-order chi connectivity index (χ0) is 14.8. The third-order valence-corrected chi connectivity index (χ3v) is 4.86. The second kappa shape index (κ2) is 6.18. The molecule has 21 heavy (non-hydrogen) atoms. The molecule has 0 bridgehead atoms. The summed E-state index contributed by atoms with van der Waals surface area (Å²) in [6.07, 6.45) is 5.34. The molecule has 0 radical (unpaired) electrons. The van der Waals surface area contributed by atoms with Crippen molar-refractivity contribution in [3.63, 3.8) is 0 Å². The van der Waals surface area contributed by atoms with Crippen LogP contribution in [0.15, 0.2) is 18.2 Å². The fourth-order valence-corrected chi connectivity index (χ4v) is 4.11. The summed E-state index contributed by atoms with van der Waals surface area (Å²) < 4.78 is 0. The van der Waals surface area contributed by atoms with Gasteiger partial charge in [0, 0.05) is 18.2 Å². The molecular formula is C18H26N2O. The SMILES string of the molecule is CCCN(CCC)[C@@H]1Cc2cccc3c2[C@H](CC(=O)N3)C1. The van der Waals surface area contributed by atoms with E-state index in [1.807, 2.05) is 0 Å². The summed E-state index contributed by atoms with van der Waals surface area (Å²) >= 11 is 0. The van der Waals surface area contributed by atoms with Gasteiger partial charge in [-0.1, -0.05) is 26.0 Å². The largest absolute Gasteiger partial charge is 0.326 e. The first-order valence-corrected chi connectivity index (χ1v) is 8.38. The molecule has 0 fully saturated rings. The smallest absolute Gasteiger partial charge is 0.224 e. The summed E-state index contributed by atoms with van der Waals surface area (Å²) in [6, 6.07) is 7.00. The number of carbonyl (C=O) groups is 1. The number of nitrogens with zero attached hydrogens (tertiary/aromatic N) is 1. The van der Waals surface area contributed by atoms with E-state index in [1.54, 1.807) is 0 Å². The maximum atomic E-state index is 11.9. The highest BCUT2D eigenvalue weighted by Gasteiger charge is 2.35. The molecule has 1 aromatic rings. The standard InChI is InChI=1S/C18H26N2O/c1-3-8-20(9-4-2)15-10-13-6-5-7-16-18(13)14(11-15)12-17(21)19-16/h5-7,14-15H,3-4,8-12H2,1-2H3,(H,19,21)/t14-,15+/m0/s1. The van der Waals surface area contributed by atoms with Crippen LogP contribution in [0.1, 0.15) is 56.6 Å². The summed E-state index contributed by atoms with van der Waals surface area (Å²) in [5.41, 5.74) is 3.93. The van der Waals surface area contributed by atoms with Gasteiger partial charge in [-0.2, -0.15) is 0 Å². The lowest BCUT2D eigenvalue weighted by Crippen LogP contribution is -2.43. The minimum atomic E-state index is 0.183. The Bertz CT molecular complexity index is 520. The maximum Gasteiger partial charge on any atom is 0.224 e. The Hall–Kier alpha value is -1.35. The second-order valence-electron chi connectivity index (χ2n) is 6.46. The van der Waals surface area contributed by atoms with Crippen LogP contribution >= 0.6 is 0 Å². The lowest BCUT2D eigenvalue weighted by atomic mass is 9.75. The van der Waals surface area contributed by atoms with Crippen molar-refractivity contribution in [1.82, 2.24) is 4.90 Å². The first-order valence-electron chi connectivity index (χ1n) is 8.38. The van der Waals surface area contributed by atoms with E-state index >= 15 is 0 Å².